The Morgan fingerprint density at radius 2 is 1.92 bits per heavy atom. The molecular weight excluding hydrogens is 343 g/mol. The molecule has 0 atom stereocenters. The Morgan fingerprint density at radius 1 is 1.28 bits per heavy atom. The first-order valence-electron chi connectivity index (χ1n) is 7.05. The van der Waals surface area contributed by atoms with Crippen molar-refractivity contribution < 1.29 is 22.9 Å². The summed E-state index contributed by atoms with van der Waals surface area (Å²) in [6.07, 6.45) is -3.18. The van der Waals surface area contributed by atoms with Gasteiger partial charge in [-0.15, -0.1) is 0 Å². The molecule has 0 saturated heterocycles. The summed E-state index contributed by atoms with van der Waals surface area (Å²) in [5.41, 5.74) is -0.756. The second-order valence-corrected chi connectivity index (χ2v) is 5.04. The van der Waals surface area contributed by atoms with Gasteiger partial charge in [0.15, 0.2) is 0 Å². The minimum atomic E-state index is -4.46. The van der Waals surface area contributed by atoms with Crippen LogP contribution < -0.4 is 10.6 Å². The van der Waals surface area contributed by atoms with Crippen molar-refractivity contribution in [1.82, 2.24) is 14.9 Å². The van der Waals surface area contributed by atoms with E-state index in [-0.39, 0.29) is 30.3 Å². The first-order chi connectivity index (χ1) is 11.7. The van der Waals surface area contributed by atoms with Crippen molar-refractivity contribution >= 4 is 17.5 Å². The molecule has 0 spiro atoms. The van der Waals surface area contributed by atoms with Gasteiger partial charge >= 0.3 is 12.0 Å². The largest absolute Gasteiger partial charge is 0.416 e. The molecule has 2 rings (SSSR count). The van der Waals surface area contributed by atoms with E-state index in [0.29, 0.717) is 0 Å². The lowest BCUT2D eigenvalue weighted by Crippen LogP contribution is -2.29. The minimum absolute atomic E-state index is 0.0829. The molecule has 8 nitrogen and oxygen atoms in total. The number of halogens is 3. The monoisotopic (exact) mass is 357 g/mol. The number of hydrogen-bond acceptors (Lipinski definition) is 5. The summed E-state index contributed by atoms with van der Waals surface area (Å²) in [4.78, 5) is 25.7. The fourth-order valence-electron chi connectivity index (χ4n) is 2.02. The van der Waals surface area contributed by atoms with Gasteiger partial charge < -0.3 is 20.7 Å². The van der Waals surface area contributed by atoms with Crippen LogP contribution in [-0.4, -0.2) is 33.5 Å². The molecule has 1 heterocycles. The van der Waals surface area contributed by atoms with Crippen molar-refractivity contribution in [2.75, 3.05) is 18.4 Å². The molecular formula is C14H14F3N5O3. The van der Waals surface area contributed by atoms with Gasteiger partial charge in [0.25, 0.3) is 5.91 Å². The van der Waals surface area contributed by atoms with Gasteiger partial charge in [0.1, 0.15) is 0 Å². The van der Waals surface area contributed by atoms with Crippen molar-refractivity contribution in [3.8, 4) is 0 Å². The van der Waals surface area contributed by atoms with Gasteiger partial charge in [0.2, 0.25) is 12.1 Å². The lowest BCUT2D eigenvalue weighted by molar-refractivity contribution is -0.388. The summed E-state index contributed by atoms with van der Waals surface area (Å²) in [6, 6.07) is 3.81. The maximum atomic E-state index is 12.5. The van der Waals surface area contributed by atoms with E-state index in [1.165, 1.54) is 10.9 Å². The van der Waals surface area contributed by atoms with E-state index in [1.807, 2.05) is 0 Å². The van der Waals surface area contributed by atoms with Crippen LogP contribution in [0, 0.1) is 10.1 Å². The average Bonchev–Trinajstić information content (AvgIpc) is 2.92. The number of imidazole rings is 1. The first-order valence-corrected chi connectivity index (χ1v) is 7.05. The molecule has 0 fully saturated rings. The van der Waals surface area contributed by atoms with Crippen LogP contribution in [0.4, 0.5) is 24.8 Å². The third-order valence-corrected chi connectivity index (χ3v) is 3.27. The zero-order chi connectivity index (χ0) is 18.6. The quantitative estimate of drug-likeness (QED) is 0.469. The van der Waals surface area contributed by atoms with Gasteiger partial charge in [0.05, 0.1) is 5.56 Å². The van der Waals surface area contributed by atoms with E-state index in [4.69, 9.17) is 0 Å². The Morgan fingerprint density at radius 3 is 2.48 bits per heavy atom. The van der Waals surface area contributed by atoms with Crippen LogP contribution in [0.3, 0.4) is 0 Å². The molecule has 25 heavy (non-hydrogen) atoms. The molecule has 2 aromatic rings. The summed E-state index contributed by atoms with van der Waals surface area (Å²) < 4.78 is 38.8. The predicted molar refractivity (Wildman–Crippen MR) is 82.1 cm³/mol. The number of aryl methyl sites for hydroxylation is 1. The summed E-state index contributed by atoms with van der Waals surface area (Å²) in [5.74, 6) is -0.694. The molecule has 0 saturated carbocycles. The number of amides is 1. The molecule has 2 N–H and O–H groups in total. The van der Waals surface area contributed by atoms with Crippen molar-refractivity contribution in [3.63, 3.8) is 0 Å². The average molecular weight is 357 g/mol. The SMILES string of the molecule is Cn1cnc([N+](=O)[O-])c1NCCNC(=O)c1ccc(C(F)(F)F)cc1. The molecule has 0 aliphatic carbocycles. The number of carbonyl (C=O) groups excluding carboxylic acids is 1. The number of carbonyl (C=O) groups is 1. The van der Waals surface area contributed by atoms with Crippen LogP contribution in [0.15, 0.2) is 30.6 Å². The van der Waals surface area contributed by atoms with Gasteiger partial charge in [-0.25, -0.2) is 0 Å². The molecule has 1 aromatic carbocycles. The topological polar surface area (TPSA) is 102 Å². The lowest BCUT2D eigenvalue weighted by atomic mass is 10.1. The summed E-state index contributed by atoms with van der Waals surface area (Å²) >= 11 is 0. The molecule has 11 heteroatoms. The van der Waals surface area contributed by atoms with E-state index in [2.05, 4.69) is 15.6 Å². The summed E-state index contributed by atoms with van der Waals surface area (Å²) in [7, 11) is 1.57. The molecule has 0 bridgehead atoms. The van der Waals surface area contributed by atoms with E-state index in [0.717, 1.165) is 24.3 Å². The number of rotatable bonds is 6. The number of hydrogen-bond donors (Lipinski definition) is 2. The minimum Gasteiger partial charge on any atom is -0.363 e. The van der Waals surface area contributed by atoms with Gasteiger partial charge in [-0.05, 0) is 34.2 Å². The van der Waals surface area contributed by atoms with Crippen molar-refractivity contribution in [3.05, 3.63) is 51.8 Å². The molecule has 1 amide bonds. The van der Waals surface area contributed by atoms with E-state index < -0.39 is 22.6 Å². The molecule has 0 unspecified atom stereocenters. The van der Waals surface area contributed by atoms with Crippen molar-refractivity contribution in [1.29, 1.82) is 0 Å². The fourth-order valence-corrected chi connectivity index (χ4v) is 2.02. The zero-order valence-corrected chi connectivity index (χ0v) is 13.0. The Kier molecular flexibility index (Phi) is 5.25. The van der Waals surface area contributed by atoms with Gasteiger partial charge in [-0.2, -0.15) is 13.2 Å². The molecule has 0 aliphatic heterocycles. The highest BCUT2D eigenvalue weighted by molar-refractivity contribution is 5.94. The Labute approximate surface area is 139 Å². The highest BCUT2D eigenvalue weighted by atomic mass is 19.4. The van der Waals surface area contributed by atoms with Gasteiger partial charge in [-0.1, -0.05) is 0 Å². The Balaban J connectivity index is 1.87. The Bertz CT molecular complexity index is 771. The number of aromatic nitrogens is 2. The second kappa shape index (κ2) is 7.20. The Hall–Kier alpha value is -3.11. The number of alkyl halides is 3. The standard InChI is InChI=1S/C14H14F3N5O3/c1-21-8-20-12(22(24)25)11(21)18-6-7-19-13(23)9-2-4-10(5-3-9)14(15,16)17/h2-5,8,18H,6-7H2,1H3,(H,19,23). The predicted octanol–water partition coefficient (Wildman–Crippen LogP) is 2.19. The number of anilines is 1. The summed E-state index contributed by atoms with van der Waals surface area (Å²) in [5, 5.41) is 16.1. The normalized spacial score (nSPS) is 11.2. The van der Waals surface area contributed by atoms with Gasteiger partial charge in [-0.3, -0.25) is 9.36 Å². The van der Waals surface area contributed by atoms with Crippen LogP contribution in [0.25, 0.3) is 0 Å². The first kappa shape index (κ1) is 18.2. The van der Waals surface area contributed by atoms with E-state index in [1.54, 1.807) is 7.05 Å². The van der Waals surface area contributed by atoms with Crippen LogP contribution in [0.1, 0.15) is 15.9 Å². The summed E-state index contributed by atoms with van der Waals surface area (Å²) in [6.45, 7) is 0.287. The smallest absolute Gasteiger partial charge is 0.363 e. The van der Waals surface area contributed by atoms with Crippen LogP contribution >= 0.6 is 0 Å². The van der Waals surface area contributed by atoms with Crippen molar-refractivity contribution in [2.45, 2.75) is 6.18 Å². The number of nitrogens with one attached hydrogen (secondary N) is 2. The number of nitro groups is 1. The third-order valence-electron chi connectivity index (χ3n) is 3.27. The zero-order valence-electron chi connectivity index (χ0n) is 13.0. The van der Waals surface area contributed by atoms with E-state index >= 15 is 0 Å². The lowest BCUT2D eigenvalue weighted by Gasteiger charge is -2.09. The maximum Gasteiger partial charge on any atom is 0.416 e. The second-order valence-electron chi connectivity index (χ2n) is 5.04. The molecule has 1 aromatic heterocycles. The van der Waals surface area contributed by atoms with Crippen LogP contribution in [0.5, 0.6) is 0 Å². The maximum absolute atomic E-state index is 12.5. The third kappa shape index (κ3) is 4.46. The van der Waals surface area contributed by atoms with Crippen molar-refractivity contribution in [2.24, 2.45) is 7.05 Å². The molecule has 134 valence electrons. The van der Waals surface area contributed by atoms with E-state index in [9.17, 15) is 28.1 Å². The van der Waals surface area contributed by atoms with Crippen LogP contribution in [-0.2, 0) is 13.2 Å². The molecule has 0 aliphatic rings. The highest BCUT2D eigenvalue weighted by Crippen LogP contribution is 2.29. The number of nitrogens with zero attached hydrogens (tertiary/aromatic N) is 3. The number of benzene rings is 1. The van der Waals surface area contributed by atoms with Gasteiger partial charge in [0, 0.05) is 25.7 Å². The highest BCUT2D eigenvalue weighted by Gasteiger charge is 2.30. The molecule has 0 radical (unpaired) electrons. The van der Waals surface area contributed by atoms with Crippen LogP contribution in [0.2, 0.25) is 0 Å². The fraction of sp³-hybridized carbons (Fsp3) is 0.286.